The van der Waals surface area contributed by atoms with Crippen molar-refractivity contribution in [1.29, 1.82) is 0 Å². The van der Waals surface area contributed by atoms with Crippen LogP contribution >= 0.6 is 23.2 Å². The van der Waals surface area contributed by atoms with Crippen molar-refractivity contribution in [3.63, 3.8) is 0 Å². The second kappa shape index (κ2) is 8.25. The van der Waals surface area contributed by atoms with Crippen LogP contribution in [0.3, 0.4) is 0 Å². The van der Waals surface area contributed by atoms with Crippen LogP contribution in [0.4, 0.5) is 10.5 Å². The monoisotopic (exact) mass is 303 g/mol. The van der Waals surface area contributed by atoms with Crippen LogP contribution in [0.25, 0.3) is 0 Å². The molecule has 106 valence electrons. The first-order valence-electron chi connectivity index (χ1n) is 6.29. The maximum atomic E-state index is 11.7. The standard InChI is InChI=1S/C13H19Cl2N3O/c1-3-18(4-2)8-7-16-13(19)17-12-6-5-10(14)9-11(12)15/h5-6,9H,3-4,7-8H2,1-2H3,(H2,16,17,19). The van der Waals surface area contributed by atoms with Crippen molar-refractivity contribution in [3.8, 4) is 0 Å². The molecule has 0 aliphatic rings. The molecule has 1 aromatic carbocycles. The highest BCUT2D eigenvalue weighted by atomic mass is 35.5. The van der Waals surface area contributed by atoms with Gasteiger partial charge in [-0.25, -0.2) is 4.79 Å². The number of hydrogen-bond donors (Lipinski definition) is 2. The fourth-order valence-corrected chi connectivity index (χ4v) is 2.08. The van der Waals surface area contributed by atoms with Gasteiger partial charge in [0.05, 0.1) is 10.7 Å². The van der Waals surface area contributed by atoms with Crippen molar-refractivity contribution >= 4 is 34.9 Å². The number of rotatable bonds is 6. The van der Waals surface area contributed by atoms with Crippen LogP contribution in [0, 0.1) is 0 Å². The van der Waals surface area contributed by atoms with Crippen molar-refractivity contribution in [1.82, 2.24) is 10.2 Å². The van der Waals surface area contributed by atoms with Crippen LogP contribution in [-0.2, 0) is 0 Å². The van der Waals surface area contributed by atoms with Crippen LogP contribution in [0.5, 0.6) is 0 Å². The molecular formula is C13H19Cl2N3O. The van der Waals surface area contributed by atoms with Crippen LogP contribution in [0.1, 0.15) is 13.8 Å². The number of carbonyl (C=O) groups excluding carboxylic acids is 1. The molecule has 0 saturated heterocycles. The molecule has 0 unspecified atom stereocenters. The summed E-state index contributed by atoms with van der Waals surface area (Å²) in [5, 5.41) is 6.44. The summed E-state index contributed by atoms with van der Waals surface area (Å²) in [6.07, 6.45) is 0. The number of benzene rings is 1. The number of anilines is 1. The molecule has 0 atom stereocenters. The van der Waals surface area contributed by atoms with Gasteiger partial charge in [-0.1, -0.05) is 37.0 Å². The molecule has 0 radical (unpaired) electrons. The van der Waals surface area contributed by atoms with Crippen molar-refractivity contribution in [2.24, 2.45) is 0 Å². The fraction of sp³-hybridized carbons (Fsp3) is 0.462. The largest absolute Gasteiger partial charge is 0.337 e. The molecule has 0 fully saturated rings. The summed E-state index contributed by atoms with van der Waals surface area (Å²) in [6.45, 7) is 7.56. The Morgan fingerprint density at radius 3 is 2.53 bits per heavy atom. The Morgan fingerprint density at radius 1 is 1.26 bits per heavy atom. The van der Waals surface area contributed by atoms with Gasteiger partial charge in [0.1, 0.15) is 0 Å². The zero-order chi connectivity index (χ0) is 14.3. The van der Waals surface area contributed by atoms with Crippen molar-refractivity contribution in [2.75, 3.05) is 31.5 Å². The maximum absolute atomic E-state index is 11.7. The van der Waals surface area contributed by atoms with Crippen molar-refractivity contribution < 1.29 is 4.79 Å². The fourth-order valence-electron chi connectivity index (χ4n) is 1.62. The smallest absolute Gasteiger partial charge is 0.319 e. The molecule has 2 N–H and O–H groups in total. The highest BCUT2D eigenvalue weighted by molar-refractivity contribution is 6.36. The number of halogens is 2. The first-order chi connectivity index (χ1) is 9.06. The van der Waals surface area contributed by atoms with Gasteiger partial charge in [-0.15, -0.1) is 0 Å². The first kappa shape index (κ1) is 16.1. The van der Waals surface area contributed by atoms with Gasteiger partial charge in [-0.2, -0.15) is 0 Å². The van der Waals surface area contributed by atoms with Gasteiger partial charge in [-0.3, -0.25) is 0 Å². The minimum atomic E-state index is -0.267. The zero-order valence-corrected chi connectivity index (χ0v) is 12.7. The van der Waals surface area contributed by atoms with Crippen LogP contribution in [0.2, 0.25) is 10.0 Å². The van der Waals surface area contributed by atoms with E-state index in [-0.39, 0.29) is 6.03 Å². The minimum absolute atomic E-state index is 0.267. The molecule has 6 heteroatoms. The van der Waals surface area contributed by atoms with E-state index >= 15 is 0 Å². The molecule has 19 heavy (non-hydrogen) atoms. The summed E-state index contributed by atoms with van der Waals surface area (Å²) >= 11 is 11.8. The molecule has 0 saturated carbocycles. The molecule has 4 nitrogen and oxygen atoms in total. The molecule has 1 aromatic rings. The van der Waals surface area contributed by atoms with Gasteiger partial charge in [0.15, 0.2) is 0 Å². The minimum Gasteiger partial charge on any atom is -0.337 e. The highest BCUT2D eigenvalue weighted by Gasteiger charge is 2.06. The summed E-state index contributed by atoms with van der Waals surface area (Å²) in [7, 11) is 0. The number of amides is 2. The number of hydrogen-bond acceptors (Lipinski definition) is 2. The van der Waals surface area contributed by atoms with Gasteiger partial charge in [0.2, 0.25) is 0 Å². The Morgan fingerprint density at radius 2 is 1.95 bits per heavy atom. The third-order valence-corrected chi connectivity index (χ3v) is 3.34. The summed E-state index contributed by atoms with van der Waals surface area (Å²) < 4.78 is 0. The Hall–Kier alpha value is -0.970. The van der Waals surface area contributed by atoms with E-state index in [2.05, 4.69) is 29.4 Å². The molecule has 2 amide bonds. The second-order valence-corrected chi connectivity index (χ2v) is 4.88. The normalized spacial score (nSPS) is 10.6. The van der Waals surface area contributed by atoms with Crippen molar-refractivity contribution in [2.45, 2.75) is 13.8 Å². The van der Waals surface area contributed by atoms with E-state index < -0.39 is 0 Å². The Kier molecular flexibility index (Phi) is 6.99. The predicted molar refractivity (Wildman–Crippen MR) is 81.3 cm³/mol. The van der Waals surface area contributed by atoms with E-state index in [1.54, 1.807) is 18.2 Å². The van der Waals surface area contributed by atoms with Crippen LogP contribution in [-0.4, -0.2) is 37.1 Å². The predicted octanol–water partition coefficient (Wildman–Crippen LogP) is 3.46. The van der Waals surface area contributed by atoms with Crippen molar-refractivity contribution in [3.05, 3.63) is 28.2 Å². The van der Waals surface area contributed by atoms with E-state index in [0.29, 0.717) is 22.3 Å². The number of nitrogens with one attached hydrogen (secondary N) is 2. The number of carbonyl (C=O) groups is 1. The lowest BCUT2D eigenvalue weighted by atomic mass is 10.3. The Labute approximate surface area is 124 Å². The molecular weight excluding hydrogens is 285 g/mol. The van der Waals surface area contributed by atoms with Gasteiger partial charge in [0.25, 0.3) is 0 Å². The van der Waals surface area contributed by atoms with Crippen LogP contribution in [0.15, 0.2) is 18.2 Å². The van der Waals surface area contributed by atoms with E-state index in [9.17, 15) is 4.79 Å². The topological polar surface area (TPSA) is 44.4 Å². The zero-order valence-electron chi connectivity index (χ0n) is 11.2. The molecule has 0 heterocycles. The average Bonchev–Trinajstić information content (AvgIpc) is 2.38. The van der Waals surface area contributed by atoms with E-state index in [0.717, 1.165) is 19.6 Å². The van der Waals surface area contributed by atoms with Gasteiger partial charge in [0, 0.05) is 18.1 Å². The molecule has 0 aliphatic carbocycles. The third-order valence-electron chi connectivity index (χ3n) is 2.79. The lowest BCUT2D eigenvalue weighted by Gasteiger charge is -2.18. The number of urea groups is 1. The quantitative estimate of drug-likeness (QED) is 0.845. The maximum Gasteiger partial charge on any atom is 0.319 e. The summed E-state index contributed by atoms with van der Waals surface area (Å²) in [6, 6.07) is 4.68. The van der Waals surface area contributed by atoms with Gasteiger partial charge in [-0.05, 0) is 31.3 Å². The van der Waals surface area contributed by atoms with Crippen LogP contribution < -0.4 is 10.6 Å². The average molecular weight is 304 g/mol. The number of nitrogens with zero attached hydrogens (tertiary/aromatic N) is 1. The van der Waals surface area contributed by atoms with E-state index in [1.807, 2.05) is 0 Å². The highest BCUT2D eigenvalue weighted by Crippen LogP contribution is 2.25. The Bertz CT molecular complexity index is 422. The first-order valence-corrected chi connectivity index (χ1v) is 7.04. The van der Waals surface area contributed by atoms with E-state index in [4.69, 9.17) is 23.2 Å². The summed E-state index contributed by atoms with van der Waals surface area (Å²) in [4.78, 5) is 13.9. The Balaban J connectivity index is 2.39. The molecule has 0 aliphatic heterocycles. The molecule has 0 aromatic heterocycles. The summed E-state index contributed by atoms with van der Waals surface area (Å²) in [5.41, 5.74) is 0.548. The van der Waals surface area contributed by atoms with Gasteiger partial charge < -0.3 is 15.5 Å². The second-order valence-electron chi connectivity index (χ2n) is 4.03. The summed E-state index contributed by atoms with van der Waals surface area (Å²) in [5.74, 6) is 0. The van der Waals surface area contributed by atoms with Gasteiger partial charge >= 0.3 is 6.03 Å². The SMILES string of the molecule is CCN(CC)CCNC(=O)Nc1ccc(Cl)cc1Cl. The third kappa shape index (κ3) is 5.68. The lowest BCUT2D eigenvalue weighted by Crippen LogP contribution is -2.36. The number of likely N-dealkylation sites (N-methyl/N-ethyl adjacent to an activating group) is 1. The van der Waals surface area contributed by atoms with E-state index in [1.165, 1.54) is 0 Å². The molecule has 1 rings (SSSR count). The molecule has 0 spiro atoms. The molecule has 0 bridgehead atoms. The lowest BCUT2D eigenvalue weighted by molar-refractivity contribution is 0.248.